The molecule has 0 spiro atoms. The topological polar surface area (TPSA) is 84.0 Å². The second-order valence-corrected chi connectivity index (χ2v) is 5.45. The molecule has 0 aliphatic carbocycles. The van der Waals surface area contributed by atoms with Crippen molar-refractivity contribution in [1.29, 1.82) is 0 Å². The van der Waals surface area contributed by atoms with Crippen LogP contribution in [0.2, 0.25) is 0 Å². The number of carbonyl (C=O) groups is 1. The van der Waals surface area contributed by atoms with Crippen LogP contribution in [0, 0.1) is 0 Å². The van der Waals surface area contributed by atoms with Crippen molar-refractivity contribution < 1.29 is 4.79 Å². The molecule has 6 heteroatoms. The fourth-order valence-corrected chi connectivity index (χ4v) is 2.47. The van der Waals surface area contributed by atoms with Gasteiger partial charge in [-0.05, 0) is 25.5 Å². The van der Waals surface area contributed by atoms with Crippen LogP contribution in [-0.4, -0.2) is 21.7 Å². The van der Waals surface area contributed by atoms with Crippen molar-refractivity contribution in [3.63, 3.8) is 0 Å². The molecule has 1 heterocycles. The summed E-state index contributed by atoms with van der Waals surface area (Å²) in [5, 5.41) is 6.13. The van der Waals surface area contributed by atoms with Gasteiger partial charge in [0.2, 0.25) is 5.91 Å². The Morgan fingerprint density at radius 3 is 2.64 bits per heavy atom. The molecule has 1 amide bonds. The number of benzene rings is 1. The maximum absolute atomic E-state index is 12.3. The molecule has 118 valence electrons. The van der Waals surface area contributed by atoms with Gasteiger partial charge in [-0.15, -0.1) is 0 Å². The van der Waals surface area contributed by atoms with Gasteiger partial charge in [-0.25, -0.2) is 4.68 Å². The Bertz CT molecular complexity index is 776. The number of fused-ring (bicyclic) bond motifs is 1. The van der Waals surface area contributed by atoms with Crippen LogP contribution in [0.1, 0.15) is 33.1 Å². The first-order valence-corrected chi connectivity index (χ1v) is 7.54. The summed E-state index contributed by atoms with van der Waals surface area (Å²) in [6, 6.07) is 6.77. The van der Waals surface area contributed by atoms with Gasteiger partial charge < -0.3 is 5.32 Å². The van der Waals surface area contributed by atoms with E-state index < -0.39 is 0 Å². The minimum absolute atomic E-state index is 0.116. The van der Waals surface area contributed by atoms with Crippen LogP contribution in [0.5, 0.6) is 0 Å². The Balaban J connectivity index is 2.13. The molecular weight excluding hydrogens is 282 g/mol. The number of aromatic amines is 1. The van der Waals surface area contributed by atoms with Gasteiger partial charge in [0.15, 0.2) is 0 Å². The lowest BCUT2D eigenvalue weighted by molar-refractivity contribution is -0.122. The zero-order chi connectivity index (χ0) is 16.1. The first kappa shape index (κ1) is 16.0. The quantitative estimate of drug-likeness (QED) is 0.845. The lowest BCUT2D eigenvalue weighted by Gasteiger charge is -2.13. The Morgan fingerprint density at radius 1 is 1.27 bits per heavy atom. The number of nitrogens with zero attached hydrogens (tertiary/aromatic N) is 1. The standard InChI is InChI=1S/C16H21N3O3/c1-3-6-11(2)17-14(20)9-10-19-16(22)13-8-5-4-7-12(13)15(21)18-19/h4-5,7-8,11H,3,6,9-10H2,1-2H3,(H,17,20)(H,18,21). The highest BCUT2D eigenvalue weighted by molar-refractivity contribution is 5.80. The number of nitrogens with one attached hydrogen (secondary N) is 2. The zero-order valence-corrected chi connectivity index (χ0v) is 12.9. The van der Waals surface area contributed by atoms with Crippen LogP contribution in [0.15, 0.2) is 33.9 Å². The maximum atomic E-state index is 12.3. The van der Waals surface area contributed by atoms with Crippen molar-refractivity contribution in [1.82, 2.24) is 15.1 Å². The molecule has 1 aromatic carbocycles. The molecule has 1 atom stereocenters. The molecule has 0 bridgehead atoms. The van der Waals surface area contributed by atoms with Crippen molar-refractivity contribution in [3.05, 3.63) is 45.0 Å². The van der Waals surface area contributed by atoms with E-state index in [1.807, 2.05) is 6.92 Å². The highest BCUT2D eigenvalue weighted by Gasteiger charge is 2.10. The van der Waals surface area contributed by atoms with E-state index >= 15 is 0 Å². The van der Waals surface area contributed by atoms with E-state index in [0.29, 0.717) is 10.8 Å². The number of carbonyl (C=O) groups excluding carboxylic acids is 1. The highest BCUT2D eigenvalue weighted by atomic mass is 16.2. The first-order chi connectivity index (χ1) is 10.5. The lowest BCUT2D eigenvalue weighted by atomic mass is 10.2. The van der Waals surface area contributed by atoms with Crippen LogP contribution in [-0.2, 0) is 11.3 Å². The molecule has 0 aliphatic heterocycles. The third kappa shape index (κ3) is 3.63. The Labute approximate surface area is 128 Å². The molecule has 2 aromatic rings. The molecule has 0 saturated carbocycles. The molecule has 0 aliphatic rings. The van der Waals surface area contributed by atoms with Gasteiger partial charge >= 0.3 is 0 Å². The third-order valence-electron chi connectivity index (χ3n) is 3.58. The summed E-state index contributed by atoms with van der Waals surface area (Å²) in [7, 11) is 0. The Kier molecular flexibility index (Phi) is 5.14. The van der Waals surface area contributed by atoms with Crippen molar-refractivity contribution in [2.75, 3.05) is 0 Å². The fraction of sp³-hybridized carbons (Fsp3) is 0.438. The number of H-pyrrole nitrogens is 1. The average molecular weight is 303 g/mol. The average Bonchev–Trinajstić information content (AvgIpc) is 2.49. The fourth-order valence-electron chi connectivity index (χ4n) is 2.47. The highest BCUT2D eigenvalue weighted by Crippen LogP contribution is 2.02. The van der Waals surface area contributed by atoms with Gasteiger partial charge in [0.05, 0.1) is 17.3 Å². The molecular formula is C16H21N3O3. The van der Waals surface area contributed by atoms with Crippen molar-refractivity contribution in [2.45, 2.75) is 45.7 Å². The maximum Gasteiger partial charge on any atom is 0.273 e. The van der Waals surface area contributed by atoms with Gasteiger partial charge in [0.25, 0.3) is 11.1 Å². The molecule has 1 unspecified atom stereocenters. The van der Waals surface area contributed by atoms with E-state index in [4.69, 9.17) is 0 Å². The van der Waals surface area contributed by atoms with Gasteiger partial charge in [-0.1, -0.05) is 25.5 Å². The number of hydrogen-bond donors (Lipinski definition) is 2. The molecule has 0 saturated heterocycles. The summed E-state index contributed by atoms with van der Waals surface area (Å²) in [5.74, 6) is -0.123. The van der Waals surface area contributed by atoms with Crippen molar-refractivity contribution in [3.8, 4) is 0 Å². The normalized spacial score (nSPS) is 12.3. The minimum atomic E-state index is -0.324. The summed E-state index contributed by atoms with van der Waals surface area (Å²) in [5.41, 5.74) is -0.612. The second kappa shape index (κ2) is 7.06. The minimum Gasteiger partial charge on any atom is -0.354 e. The van der Waals surface area contributed by atoms with E-state index in [1.165, 1.54) is 4.68 Å². The number of aryl methyl sites for hydroxylation is 1. The van der Waals surface area contributed by atoms with Crippen LogP contribution in [0.3, 0.4) is 0 Å². The van der Waals surface area contributed by atoms with Crippen molar-refractivity contribution >= 4 is 16.7 Å². The molecule has 0 fully saturated rings. The van der Waals surface area contributed by atoms with E-state index in [9.17, 15) is 14.4 Å². The SMILES string of the molecule is CCCC(C)NC(=O)CCn1[nH]c(=O)c2ccccc2c1=O. The molecule has 2 rings (SSSR count). The third-order valence-corrected chi connectivity index (χ3v) is 3.58. The van der Waals surface area contributed by atoms with E-state index in [0.717, 1.165) is 12.8 Å². The summed E-state index contributed by atoms with van der Waals surface area (Å²) < 4.78 is 1.20. The van der Waals surface area contributed by atoms with Gasteiger partial charge in [-0.3, -0.25) is 19.5 Å². The molecule has 6 nitrogen and oxygen atoms in total. The van der Waals surface area contributed by atoms with E-state index in [2.05, 4.69) is 17.3 Å². The van der Waals surface area contributed by atoms with Crippen LogP contribution in [0.25, 0.3) is 10.8 Å². The van der Waals surface area contributed by atoms with E-state index in [1.54, 1.807) is 24.3 Å². The number of amides is 1. The number of aromatic nitrogens is 2. The van der Waals surface area contributed by atoms with Gasteiger partial charge in [-0.2, -0.15) is 0 Å². The van der Waals surface area contributed by atoms with Crippen molar-refractivity contribution in [2.24, 2.45) is 0 Å². The Hall–Kier alpha value is -2.37. The summed E-state index contributed by atoms with van der Waals surface area (Å²) in [6.45, 7) is 4.16. The molecule has 2 N–H and O–H groups in total. The predicted molar refractivity (Wildman–Crippen MR) is 86.0 cm³/mol. The monoisotopic (exact) mass is 303 g/mol. The summed E-state index contributed by atoms with van der Waals surface area (Å²) in [4.78, 5) is 36.1. The largest absolute Gasteiger partial charge is 0.354 e. The second-order valence-electron chi connectivity index (χ2n) is 5.45. The van der Waals surface area contributed by atoms with Gasteiger partial charge in [0.1, 0.15) is 0 Å². The van der Waals surface area contributed by atoms with E-state index in [-0.39, 0.29) is 36.0 Å². The van der Waals surface area contributed by atoms with Gasteiger partial charge in [0, 0.05) is 12.5 Å². The number of rotatable bonds is 6. The molecule has 0 radical (unpaired) electrons. The summed E-state index contributed by atoms with van der Waals surface area (Å²) >= 11 is 0. The molecule has 22 heavy (non-hydrogen) atoms. The van der Waals surface area contributed by atoms with Crippen LogP contribution >= 0.6 is 0 Å². The van der Waals surface area contributed by atoms with Crippen LogP contribution in [0.4, 0.5) is 0 Å². The Morgan fingerprint density at radius 2 is 1.95 bits per heavy atom. The summed E-state index contributed by atoms with van der Waals surface area (Å²) in [6.07, 6.45) is 2.07. The molecule has 1 aromatic heterocycles. The number of hydrogen-bond acceptors (Lipinski definition) is 3. The zero-order valence-electron chi connectivity index (χ0n) is 12.9. The smallest absolute Gasteiger partial charge is 0.273 e. The first-order valence-electron chi connectivity index (χ1n) is 7.54. The predicted octanol–water partition coefficient (Wildman–Crippen LogP) is 1.38. The lowest BCUT2D eigenvalue weighted by Crippen LogP contribution is -2.35. The van der Waals surface area contributed by atoms with Crippen LogP contribution < -0.4 is 16.4 Å².